The molecule has 0 radical (unpaired) electrons. The minimum absolute atomic E-state index is 0.133. The fraction of sp³-hybridized carbons (Fsp3) is 0.200. The molecule has 0 fully saturated rings. The Balaban J connectivity index is 1.93. The zero-order chi connectivity index (χ0) is 13.5. The maximum atomic E-state index is 8.79. The molecule has 0 aliphatic rings. The molecule has 0 unspecified atom stereocenters. The van der Waals surface area contributed by atoms with Gasteiger partial charge in [0, 0.05) is 30.2 Å². The lowest BCUT2D eigenvalue weighted by atomic mass is 10.2. The predicted octanol–water partition coefficient (Wildman–Crippen LogP) is 2.29. The van der Waals surface area contributed by atoms with Crippen LogP contribution in [0.15, 0.2) is 48.5 Å². The fourth-order valence-electron chi connectivity index (χ4n) is 1.80. The van der Waals surface area contributed by atoms with Crippen molar-refractivity contribution in [3.8, 4) is 0 Å². The zero-order valence-corrected chi connectivity index (χ0v) is 10.8. The molecule has 2 aromatic carbocycles. The number of anilines is 3. The van der Waals surface area contributed by atoms with E-state index in [0.29, 0.717) is 6.54 Å². The highest BCUT2D eigenvalue weighted by molar-refractivity contribution is 5.52. The maximum absolute atomic E-state index is 8.79. The Morgan fingerprint density at radius 3 is 2.47 bits per heavy atom. The second-order valence-corrected chi connectivity index (χ2v) is 4.33. The maximum Gasteiger partial charge on any atom is 0.0604 e. The molecule has 2 aromatic rings. The first-order valence-electron chi connectivity index (χ1n) is 6.31. The second kappa shape index (κ2) is 6.66. The molecule has 0 heterocycles. The number of nitrogens with one attached hydrogen (secondary N) is 2. The highest BCUT2D eigenvalue weighted by atomic mass is 16.3. The number of hydrogen-bond acceptors (Lipinski definition) is 4. The summed E-state index contributed by atoms with van der Waals surface area (Å²) in [5.74, 6) is 0. The SMILES string of the molecule is Nc1ccc(NCc2cccc(NCCO)c2)cc1. The highest BCUT2D eigenvalue weighted by Gasteiger charge is 1.96. The molecule has 5 N–H and O–H groups in total. The summed E-state index contributed by atoms with van der Waals surface area (Å²) in [7, 11) is 0. The van der Waals surface area contributed by atoms with Crippen molar-refractivity contribution >= 4 is 17.1 Å². The summed E-state index contributed by atoms with van der Waals surface area (Å²) in [6, 6.07) is 15.8. The van der Waals surface area contributed by atoms with Crippen LogP contribution in [0.2, 0.25) is 0 Å². The van der Waals surface area contributed by atoms with Crippen LogP contribution in [-0.4, -0.2) is 18.3 Å². The average molecular weight is 257 g/mol. The average Bonchev–Trinajstić information content (AvgIpc) is 2.45. The van der Waals surface area contributed by atoms with E-state index in [1.165, 1.54) is 5.56 Å². The van der Waals surface area contributed by atoms with Crippen molar-refractivity contribution in [1.29, 1.82) is 0 Å². The molecule has 100 valence electrons. The smallest absolute Gasteiger partial charge is 0.0604 e. The van der Waals surface area contributed by atoms with Crippen molar-refractivity contribution in [2.45, 2.75) is 6.54 Å². The first-order chi connectivity index (χ1) is 9.28. The molecule has 2 rings (SSSR count). The Bertz CT molecular complexity index is 511. The lowest BCUT2D eigenvalue weighted by molar-refractivity contribution is 0.311. The van der Waals surface area contributed by atoms with Crippen molar-refractivity contribution in [2.24, 2.45) is 0 Å². The van der Waals surface area contributed by atoms with E-state index in [1.54, 1.807) is 0 Å². The van der Waals surface area contributed by atoms with Gasteiger partial charge in [0.1, 0.15) is 0 Å². The first kappa shape index (κ1) is 13.2. The molecule has 0 bridgehead atoms. The van der Waals surface area contributed by atoms with Crippen molar-refractivity contribution < 1.29 is 5.11 Å². The number of aliphatic hydroxyl groups is 1. The Kier molecular flexibility index (Phi) is 4.64. The Morgan fingerprint density at radius 2 is 1.74 bits per heavy atom. The summed E-state index contributed by atoms with van der Waals surface area (Å²) < 4.78 is 0. The Morgan fingerprint density at radius 1 is 0.947 bits per heavy atom. The van der Waals surface area contributed by atoms with Crippen LogP contribution < -0.4 is 16.4 Å². The summed E-state index contributed by atoms with van der Waals surface area (Å²) in [4.78, 5) is 0. The van der Waals surface area contributed by atoms with Crippen LogP contribution in [0.25, 0.3) is 0 Å². The van der Waals surface area contributed by atoms with Crippen molar-refractivity contribution in [2.75, 3.05) is 29.5 Å². The number of rotatable bonds is 6. The van der Waals surface area contributed by atoms with E-state index in [-0.39, 0.29) is 6.61 Å². The van der Waals surface area contributed by atoms with E-state index in [4.69, 9.17) is 10.8 Å². The lowest BCUT2D eigenvalue weighted by Crippen LogP contribution is -2.06. The van der Waals surface area contributed by atoms with Gasteiger partial charge in [0.15, 0.2) is 0 Å². The van der Waals surface area contributed by atoms with E-state index < -0.39 is 0 Å². The van der Waals surface area contributed by atoms with Crippen LogP contribution in [0.5, 0.6) is 0 Å². The summed E-state index contributed by atoms with van der Waals surface area (Å²) in [5.41, 5.74) is 9.65. The van der Waals surface area contributed by atoms with E-state index in [0.717, 1.165) is 23.6 Å². The van der Waals surface area contributed by atoms with Gasteiger partial charge in [-0.25, -0.2) is 0 Å². The molecule has 0 aliphatic carbocycles. The second-order valence-electron chi connectivity index (χ2n) is 4.33. The van der Waals surface area contributed by atoms with Gasteiger partial charge in [-0.1, -0.05) is 12.1 Å². The fourth-order valence-corrected chi connectivity index (χ4v) is 1.80. The van der Waals surface area contributed by atoms with Crippen LogP contribution >= 0.6 is 0 Å². The van der Waals surface area contributed by atoms with Crippen molar-refractivity contribution in [3.05, 3.63) is 54.1 Å². The quantitative estimate of drug-likeness (QED) is 0.599. The zero-order valence-electron chi connectivity index (χ0n) is 10.8. The molecule has 0 spiro atoms. The highest BCUT2D eigenvalue weighted by Crippen LogP contribution is 2.14. The third kappa shape index (κ3) is 4.19. The van der Waals surface area contributed by atoms with Gasteiger partial charge < -0.3 is 21.5 Å². The van der Waals surface area contributed by atoms with E-state index in [9.17, 15) is 0 Å². The molecule has 0 amide bonds. The molecule has 0 aliphatic heterocycles. The number of nitrogens with two attached hydrogens (primary N) is 1. The molecule has 0 saturated heterocycles. The monoisotopic (exact) mass is 257 g/mol. The third-order valence-electron chi connectivity index (χ3n) is 2.78. The van der Waals surface area contributed by atoms with E-state index in [2.05, 4.69) is 22.8 Å². The molecular formula is C15H19N3O. The van der Waals surface area contributed by atoms with E-state index in [1.807, 2.05) is 36.4 Å². The van der Waals surface area contributed by atoms with Gasteiger partial charge in [-0.3, -0.25) is 0 Å². The molecule has 4 heteroatoms. The van der Waals surface area contributed by atoms with Crippen molar-refractivity contribution in [3.63, 3.8) is 0 Å². The van der Waals surface area contributed by atoms with Crippen LogP contribution in [0.1, 0.15) is 5.56 Å². The Labute approximate surface area is 113 Å². The van der Waals surface area contributed by atoms with Crippen LogP contribution in [-0.2, 0) is 6.54 Å². The molecular weight excluding hydrogens is 238 g/mol. The largest absolute Gasteiger partial charge is 0.399 e. The number of aliphatic hydroxyl groups excluding tert-OH is 1. The standard InChI is InChI=1S/C15H19N3O/c16-13-4-6-14(7-5-13)18-11-12-2-1-3-15(10-12)17-8-9-19/h1-7,10,17-19H,8-9,11,16H2. The molecule has 19 heavy (non-hydrogen) atoms. The van der Waals surface area contributed by atoms with Crippen LogP contribution in [0.4, 0.5) is 17.1 Å². The van der Waals surface area contributed by atoms with Gasteiger partial charge in [-0.15, -0.1) is 0 Å². The summed E-state index contributed by atoms with van der Waals surface area (Å²) in [5, 5.41) is 15.3. The normalized spacial score (nSPS) is 10.2. The molecule has 0 aromatic heterocycles. The minimum atomic E-state index is 0.133. The van der Waals surface area contributed by atoms with Gasteiger partial charge in [0.2, 0.25) is 0 Å². The third-order valence-corrected chi connectivity index (χ3v) is 2.78. The molecule has 0 saturated carbocycles. The summed E-state index contributed by atoms with van der Waals surface area (Å²) in [6.07, 6.45) is 0. The number of nitrogen functional groups attached to an aromatic ring is 1. The van der Waals surface area contributed by atoms with Crippen LogP contribution in [0.3, 0.4) is 0 Å². The van der Waals surface area contributed by atoms with Gasteiger partial charge >= 0.3 is 0 Å². The minimum Gasteiger partial charge on any atom is -0.399 e. The van der Waals surface area contributed by atoms with Gasteiger partial charge in [-0.05, 0) is 42.0 Å². The van der Waals surface area contributed by atoms with Gasteiger partial charge in [0.05, 0.1) is 6.61 Å². The van der Waals surface area contributed by atoms with Gasteiger partial charge in [0.25, 0.3) is 0 Å². The van der Waals surface area contributed by atoms with Crippen molar-refractivity contribution in [1.82, 2.24) is 0 Å². The number of benzene rings is 2. The topological polar surface area (TPSA) is 70.3 Å². The summed E-state index contributed by atoms with van der Waals surface area (Å²) in [6.45, 7) is 1.45. The lowest BCUT2D eigenvalue weighted by Gasteiger charge is -2.09. The summed E-state index contributed by atoms with van der Waals surface area (Å²) >= 11 is 0. The predicted molar refractivity (Wildman–Crippen MR) is 80.2 cm³/mol. The number of hydrogen-bond donors (Lipinski definition) is 4. The van der Waals surface area contributed by atoms with Crippen LogP contribution in [0, 0.1) is 0 Å². The molecule has 0 atom stereocenters. The Hall–Kier alpha value is -2.20. The first-order valence-corrected chi connectivity index (χ1v) is 6.31. The van der Waals surface area contributed by atoms with E-state index >= 15 is 0 Å². The molecule has 4 nitrogen and oxygen atoms in total. The van der Waals surface area contributed by atoms with Gasteiger partial charge in [-0.2, -0.15) is 0 Å².